The Labute approximate surface area is 183 Å². The Balaban J connectivity index is 0.00000280. The summed E-state index contributed by atoms with van der Waals surface area (Å²) in [4.78, 5) is 18.9. The molecule has 1 fully saturated rings. The molecule has 2 heterocycles. The van der Waals surface area contributed by atoms with Gasteiger partial charge in [-0.3, -0.25) is 9.79 Å². The molecule has 1 amide bonds. The summed E-state index contributed by atoms with van der Waals surface area (Å²) < 4.78 is 5.36. The van der Waals surface area contributed by atoms with Crippen LogP contribution in [0.2, 0.25) is 0 Å². The van der Waals surface area contributed by atoms with Crippen LogP contribution in [-0.2, 0) is 11.2 Å². The highest BCUT2D eigenvalue weighted by Crippen LogP contribution is 2.36. The minimum atomic E-state index is 0. The van der Waals surface area contributed by atoms with Gasteiger partial charge < -0.3 is 20.0 Å². The Bertz CT molecular complexity index is 749. The minimum absolute atomic E-state index is 0. The average molecular weight is 496 g/mol. The zero-order valence-electron chi connectivity index (χ0n) is 16.4. The summed E-state index contributed by atoms with van der Waals surface area (Å²) in [6.45, 7) is 4.18. The molecule has 0 saturated carbocycles. The Morgan fingerprint density at radius 2 is 2.00 bits per heavy atom. The van der Waals surface area contributed by atoms with Gasteiger partial charge in [0.05, 0.1) is 12.3 Å². The second-order valence-corrected chi connectivity index (χ2v) is 6.80. The second kappa shape index (κ2) is 11.1. The summed E-state index contributed by atoms with van der Waals surface area (Å²) in [5.41, 5.74) is 1.17. The Morgan fingerprint density at radius 3 is 2.68 bits per heavy atom. The predicted octanol–water partition coefficient (Wildman–Crippen LogP) is 3.21. The van der Waals surface area contributed by atoms with Crippen LogP contribution in [0.3, 0.4) is 0 Å². The molecule has 152 valence electrons. The maximum Gasteiger partial charge on any atom is 0.223 e. The molecule has 1 aliphatic heterocycles. The van der Waals surface area contributed by atoms with E-state index in [0.717, 1.165) is 31.2 Å². The van der Waals surface area contributed by atoms with Crippen molar-refractivity contribution < 1.29 is 9.21 Å². The van der Waals surface area contributed by atoms with Crippen LogP contribution < -0.4 is 10.6 Å². The fourth-order valence-corrected chi connectivity index (χ4v) is 3.57. The molecule has 2 unspecified atom stereocenters. The Kier molecular flexibility index (Phi) is 8.82. The van der Waals surface area contributed by atoms with Crippen LogP contribution in [0.15, 0.2) is 58.1 Å². The van der Waals surface area contributed by atoms with E-state index >= 15 is 0 Å². The standard InChI is InChI=1S/C21H28N4O2.HI/c1-3-22-21(23-12-11-18-10-7-13-27-18)24-15-17-14-19(26)25(2)20(17)16-8-5-4-6-9-16;/h4-10,13,17,20H,3,11-12,14-15H2,1-2H3,(H2,22,23,24);1H. The number of amides is 1. The number of nitrogens with one attached hydrogen (secondary N) is 2. The van der Waals surface area contributed by atoms with Gasteiger partial charge in [-0.25, -0.2) is 0 Å². The van der Waals surface area contributed by atoms with Crippen LogP contribution in [0, 0.1) is 5.92 Å². The lowest BCUT2D eigenvalue weighted by atomic mass is 9.94. The smallest absolute Gasteiger partial charge is 0.223 e. The number of hydrogen-bond donors (Lipinski definition) is 2. The van der Waals surface area contributed by atoms with Crippen molar-refractivity contribution in [2.75, 3.05) is 26.7 Å². The van der Waals surface area contributed by atoms with Gasteiger partial charge in [0.2, 0.25) is 5.91 Å². The number of benzene rings is 1. The van der Waals surface area contributed by atoms with E-state index in [0.29, 0.717) is 13.0 Å². The monoisotopic (exact) mass is 496 g/mol. The fourth-order valence-electron chi connectivity index (χ4n) is 3.57. The van der Waals surface area contributed by atoms with Crippen molar-refractivity contribution in [3.8, 4) is 0 Å². The largest absolute Gasteiger partial charge is 0.469 e. The van der Waals surface area contributed by atoms with Crippen molar-refractivity contribution in [3.63, 3.8) is 0 Å². The number of nitrogens with zero attached hydrogens (tertiary/aromatic N) is 2. The van der Waals surface area contributed by atoms with E-state index in [4.69, 9.17) is 9.41 Å². The molecule has 0 aliphatic carbocycles. The van der Waals surface area contributed by atoms with Gasteiger partial charge in [-0.1, -0.05) is 30.3 Å². The summed E-state index contributed by atoms with van der Waals surface area (Å²) in [6.07, 6.45) is 3.02. The third kappa shape index (κ3) is 5.73. The first kappa shape index (κ1) is 22.3. The minimum Gasteiger partial charge on any atom is -0.469 e. The third-order valence-electron chi connectivity index (χ3n) is 4.91. The van der Waals surface area contributed by atoms with E-state index in [1.165, 1.54) is 5.56 Å². The van der Waals surface area contributed by atoms with E-state index in [1.807, 2.05) is 49.2 Å². The van der Waals surface area contributed by atoms with Gasteiger partial charge in [-0.2, -0.15) is 0 Å². The van der Waals surface area contributed by atoms with Crippen molar-refractivity contribution in [1.82, 2.24) is 15.5 Å². The molecule has 3 rings (SSSR count). The van der Waals surface area contributed by atoms with Gasteiger partial charge in [0.1, 0.15) is 5.76 Å². The molecule has 1 aromatic heterocycles. The van der Waals surface area contributed by atoms with E-state index in [2.05, 4.69) is 22.8 Å². The number of likely N-dealkylation sites (tertiary alicyclic amines) is 1. The highest BCUT2D eigenvalue weighted by molar-refractivity contribution is 14.0. The first-order valence-corrected chi connectivity index (χ1v) is 9.54. The van der Waals surface area contributed by atoms with E-state index in [9.17, 15) is 4.79 Å². The van der Waals surface area contributed by atoms with Crippen LogP contribution in [0.25, 0.3) is 0 Å². The van der Waals surface area contributed by atoms with Crippen molar-refractivity contribution in [3.05, 3.63) is 60.1 Å². The molecule has 0 bridgehead atoms. The average Bonchev–Trinajstić information content (AvgIpc) is 3.29. The number of halogens is 1. The van der Waals surface area contributed by atoms with E-state index in [-0.39, 0.29) is 41.8 Å². The Hall–Kier alpha value is -2.03. The first-order valence-electron chi connectivity index (χ1n) is 9.54. The lowest BCUT2D eigenvalue weighted by Gasteiger charge is -2.25. The molecule has 1 aliphatic rings. The molecule has 2 aromatic rings. The van der Waals surface area contributed by atoms with E-state index < -0.39 is 0 Å². The van der Waals surface area contributed by atoms with Crippen LogP contribution in [-0.4, -0.2) is 43.4 Å². The molecule has 28 heavy (non-hydrogen) atoms. The number of guanidine groups is 1. The maximum absolute atomic E-state index is 12.3. The molecule has 2 atom stereocenters. The highest BCUT2D eigenvalue weighted by Gasteiger charge is 2.38. The molecule has 1 aromatic carbocycles. The van der Waals surface area contributed by atoms with Crippen molar-refractivity contribution in [2.45, 2.75) is 25.8 Å². The number of carbonyl (C=O) groups is 1. The topological polar surface area (TPSA) is 69.9 Å². The fraction of sp³-hybridized carbons (Fsp3) is 0.429. The van der Waals surface area contributed by atoms with Crippen LogP contribution >= 0.6 is 24.0 Å². The second-order valence-electron chi connectivity index (χ2n) is 6.80. The highest BCUT2D eigenvalue weighted by atomic mass is 127. The van der Waals surface area contributed by atoms with E-state index in [1.54, 1.807) is 6.26 Å². The predicted molar refractivity (Wildman–Crippen MR) is 122 cm³/mol. The third-order valence-corrected chi connectivity index (χ3v) is 4.91. The quantitative estimate of drug-likeness (QED) is 0.351. The summed E-state index contributed by atoms with van der Waals surface area (Å²) >= 11 is 0. The summed E-state index contributed by atoms with van der Waals surface area (Å²) in [7, 11) is 1.89. The van der Waals surface area contributed by atoms with Gasteiger partial charge in [-0.15, -0.1) is 24.0 Å². The molecule has 6 nitrogen and oxygen atoms in total. The summed E-state index contributed by atoms with van der Waals surface area (Å²) in [5, 5.41) is 6.61. The van der Waals surface area contributed by atoms with Crippen LogP contribution in [0.5, 0.6) is 0 Å². The lowest BCUT2D eigenvalue weighted by molar-refractivity contribution is -0.127. The Morgan fingerprint density at radius 1 is 1.21 bits per heavy atom. The van der Waals surface area contributed by atoms with Gasteiger partial charge in [0.15, 0.2) is 5.96 Å². The lowest BCUT2D eigenvalue weighted by Crippen LogP contribution is -2.38. The molecular formula is C21H29IN4O2. The molecule has 7 heteroatoms. The zero-order valence-corrected chi connectivity index (χ0v) is 18.8. The van der Waals surface area contributed by atoms with Crippen molar-refractivity contribution in [1.29, 1.82) is 0 Å². The molecule has 2 N–H and O–H groups in total. The number of carbonyl (C=O) groups excluding carboxylic acids is 1. The first-order chi connectivity index (χ1) is 13.2. The van der Waals surface area contributed by atoms with Gasteiger partial charge in [0, 0.05) is 45.4 Å². The van der Waals surface area contributed by atoms with Crippen molar-refractivity contribution in [2.24, 2.45) is 10.9 Å². The van der Waals surface area contributed by atoms with Gasteiger partial charge in [-0.05, 0) is 24.6 Å². The molecule has 0 radical (unpaired) electrons. The normalized spacial score (nSPS) is 19.4. The zero-order chi connectivity index (χ0) is 19.1. The van der Waals surface area contributed by atoms with Gasteiger partial charge >= 0.3 is 0 Å². The summed E-state index contributed by atoms with van der Waals surface area (Å²) in [5.74, 6) is 2.08. The molecule has 1 saturated heterocycles. The van der Waals surface area contributed by atoms with Crippen molar-refractivity contribution >= 4 is 35.8 Å². The number of rotatable bonds is 7. The number of aliphatic imine (C=N–C) groups is 1. The SMILES string of the molecule is CCNC(=NCC1CC(=O)N(C)C1c1ccccc1)NCCc1ccco1.I. The number of furan rings is 1. The van der Waals surface area contributed by atoms with Crippen LogP contribution in [0.1, 0.15) is 30.7 Å². The number of hydrogen-bond acceptors (Lipinski definition) is 3. The summed E-state index contributed by atoms with van der Waals surface area (Å²) in [6, 6.07) is 14.2. The molecular weight excluding hydrogens is 467 g/mol. The molecule has 0 spiro atoms. The maximum atomic E-state index is 12.3. The van der Waals surface area contributed by atoms with Gasteiger partial charge in [0.25, 0.3) is 0 Å². The van der Waals surface area contributed by atoms with Crippen LogP contribution in [0.4, 0.5) is 0 Å².